The summed E-state index contributed by atoms with van der Waals surface area (Å²) in [5.74, 6) is 1.57. The second-order valence-corrected chi connectivity index (χ2v) is 5.28. The van der Waals surface area contributed by atoms with Crippen LogP contribution < -0.4 is 5.32 Å². The second kappa shape index (κ2) is 8.08. The normalized spacial score (nSPS) is 27.2. The average molecular weight is 227 g/mol. The lowest BCUT2D eigenvalue weighted by Crippen LogP contribution is -2.36. The molecule has 0 bridgehead atoms. The van der Waals surface area contributed by atoms with Gasteiger partial charge in [-0.3, -0.25) is 0 Å². The molecule has 3 atom stereocenters. The molecule has 96 valence electrons. The Morgan fingerprint density at radius 3 is 2.69 bits per heavy atom. The van der Waals surface area contributed by atoms with E-state index in [0.29, 0.717) is 12.5 Å². The van der Waals surface area contributed by atoms with Crippen molar-refractivity contribution in [1.29, 1.82) is 0 Å². The molecule has 0 radical (unpaired) electrons. The van der Waals surface area contributed by atoms with E-state index in [0.717, 1.165) is 24.9 Å². The van der Waals surface area contributed by atoms with Crippen molar-refractivity contribution in [3.05, 3.63) is 0 Å². The van der Waals surface area contributed by atoms with Crippen molar-refractivity contribution < 1.29 is 5.11 Å². The van der Waals surface area contributed by atoms with E-state index in [9.17, 15) is 0 Å². The highest BCUT2D eigenvalue weighted by atomic mass is 16.3. The van der Waals surface area contributed by atoms with E-state index < -0.39 is 0 Å². The van der Waals surface area contributed by atoms with Gasteiger partial charge in [0, 0.05) is 12.6 Å². The van der Waals surface area contributed by atoms with Crippen LogP contribution in [0.3, 0.4) is 0 Å². The van der Waals surface area contributed by atoms with E-state index >= 15 is 0 Å². The average Bonchev–Trinajstić information content (AvgIpc) is 2.74. The predicted molar refractivity (Wildman–Crippen MR) is 69.5 cm³/mol. The number of rotatable bonds is 8. The van der Waals surface area contributed by atoms with Crippen molar-refractivity contribution in [3.8, 4) is 0 Å². The SMILES string of the molecule is CCCC(CCO)CNC1CCCC1CC. The minimum absolute atomic E-state index is 0.341. The summed E-state index contributed by atoms with van der Waals surface area (Å²) < 4.78 is 0. The fourth-order valence-corrected chi connectivity index (χ4v) is 3.05. The van der Waals surface area contributed by atoms with Gasteiger partial charge in [0.1, 0.15) is 0 Å². The van der Waals surface area contributed by atoms with Crippen LogP contribution in [0.5, 0.6) is 0 Å². The largest absolute Gasteiger partial charge is 0.396 e. The molecule has 1 fully saturated rings. The summed E-state index contributed by atoms with van der Waals surface area (Å²) in [7, 11) is 0. The Bertz CT molecular complexity index is 166. The zero-order valence-corrected chi connectivity index (χ0v) is 11.0. The molecular weight excluding hydrogens is 198 g/mol. The van der Waals surface area contributed by atoms with Crippen LogP contribution in [-0.4, -0.2) is 24.3 Å². The molecular formula is C14H29NO. The minimum atomic E-state index is 0.341. The predicted octanol–water partition coefficient (Wildman–Crippen LogP) is 2.95. The lowest BCUT2D eigenvalue weighted by molar-refractivity contribution is 0.241. The monoisotopic (exact) mass is 227 g/mol. The van der Waals surface area contributed by atoms with E-state index in [1.807, 2.05) is 0 Å². The first-order valence-corrected chi connectivity index (χ1v) is 7.16. The molecule has 0 saturated heterocycles. The van der Waals surface area contributed by atoms with Crippen molar-refractivity contribution in [3.63, 3.8) is 0 Å². The molecule has 0 spiro atoms. The minimum Gasteiger partial charge on any atom is -0.396 e. The quantitative estimate of drug-likeness (QED) is 0.668. The molecule has 2 N–H and O–H groups in total. The van der Waals surface area contributed by atoms with Crippen molar-refractivity contribution in [2.24, 2.45) is 11.8 Å². The molecule has 3 unspecified atom stereocenters. The third kappa shape index (κ3) is 4.42. The Balaban J connectivity index is 2.24. The van der Waals surface area contributed by atoms with Crippen LogP contribution in [0.2, 0.25) is 0 Å². The molecule has 1 aliphatic rings. The number of nitrogens with one attached hydrogen (secondary N) is 1. The van der Waals surface area contributed by atoms with Gasteiger partial charge in [0.2, 0.25) is 0 Å². The fraction of sp³-hybridized carbons (Fsp3) is 1.00. The third-order valence-electron chi connectivity index (χ3n) is 4.09. The Kier molecular flexibility index (Phi) is 7.06. The lowest BCUT2D eigenvalue weighted by atomic mass is 9.97. The Morgan fingerprint density at radius 2 is 2.06 bits per heavy atom. The van der Waals surface area contributed by atoms with Gasteiger partial charge in [-0.15, -0.1) is 0 Å². The number of aliphatic hydroxyl groups is 1. The van der Waals surface area contributed by atoms with Crippen molar-refractivity contribution in [2.45, 2.75) is 64.8 Å². The van der Waals surface area contributed by atoms with E-state index in [2.05, 4.69) is 19.2 Å². The van der Waals surface area contributed by atoms with Crippen molar-refractivity contribution >= 4 is 0 Å². The van der Waals surface area contributed by atoms with Crippen molar-refractivity contribution in [2.75, 3.05) is 13.2 Å². The molecule has 1 aliphatic carbocycles. The maximum absolute atomic E-state index is 9.03. The topological polar surface area (TPSA) is 32.3 Å². The second-order valence-electron chi connectivity index (χ2n) is 5.28. The number of aliphatic hydroxyl groups excluding tert-OH is 1. The van der Waals surface area contributed by atoms with Gasteiger partial charge in [-0.1, -0.05) is 33.1 Å². The summed E-state index contributed by atoms with van der Waals surface area (Å²) >= 11 is 0. The van der Waals surface area contributed by atoms with Crippen LogP contribution in [0.1, 0.15) is 58.8 Å². The van der Waals surface area contributed by atoms with Crippen molar-refractivity contribution in [1.82, 2.24) is 5.32 Å². The van der Waals surface area contributed by atoms with Crippen LogP contribution in [0.15, 0.2) is 0 Å². The van der Waals surface area contributed by atoms with Gasteiger partial charge in [0.05, 0.1) is 0 Å². The van der Waals surface area contributed by atoms with Crippen LogP contribution in [0, 0.1) is 11.8 Å². The van der Waals surface area contributed by atoms with Gasteiger partial charge in [0.15, 0.2) is 0 Å². The fourth-order valence-electron chi connectivity index (χ4n) is 3.05. The Hall–Kier alpha value is -0.0800. The molecule has 0 aromatic carbocycles. The third-order valence-corrected chi connectivity index (χ3v) is 4.09. The standard InChI is InChI=1S/C14H29NO/c1-3-6-12(9-10-16)11-15-14-8-5-7-13(14)4-2/h12-16H,3-11H2,1-2H3. The van der Waals surface area contributed by atoms with E-state index in [1.165, 1.54) is 38.5 Å². The van der Waals surface area contributed by atoms with Crippen LogP contribution in [-0.2, 0) is 0 Å². The maximum Gasteiger partial charge on any atom is 0.0434 e. The molecule has 1 rings (SSSR count). The lowest BCUT2D eigenvalue weighted by Gasteiger charge is -2.23. The maximum atomic E-state index is 9.03. The summed E-state index contributed by atoms with van der Waals surface area (Å²) in [4.78, 5) is 0. The number of hydrogen-bond acceptors (Lipinski definition) is 2. The smallest absolute Gasteiger partial charge is 0.0434 e. The summed E-state index contributed by atoms with van der Waals surface area (Å²) in [5, 5.41) is 12.8. The van der Waals surface area contributed by atoms with E-state index in [-0.39, 0.29) is 0 Å². The van der Waals surface area contributed by atoms with E-state index in [1.54, 1.807) is 0 Å². The first kappa shape index (κ1) is 14.0. The molecule has 0 heterocycles. The van der Waals surface area contributed by atoms with Gasteiger partial charge in [-0.25, -0.2) is 0 Å². The highest BCUT2D eigenvalue weighted by Crippen LogP contribution is 2.28. The molecule has 0 aromatic heterocycles. The summed E-state index contributed by atoms with van der Waals surface area (Å²) in [6, 6.07) is 0.753. The molecule has 0 aromatic rings. The molecule has 2 nitrogen and oxygen atoms in total. The Labute approximate surface area is 101 Å². The Morgan fingerprint density at radius 1 is 1.25 bits per heavy atom. The van der Waals surface area contributed by atoms with Gasteiger partial charge in [-0.05, 0) is 44.1 Å². The van der Waals surface area contributed by atoms with Crippen LogP contribution in [0.4, 0.5) is 0 Å². The first-order valence-electron chi connectivity index (χ1n) is 7.16. The highest BCUT2D eigenvalue weighted by molar-refractivity contribution is 4.82. The summed E-state index contributed by atoms with van der Waals surface area (Å²) in [5.41, 5.74) is 0. The zero-order chi connectivity index (χ0) is 11.8. The van der Waals surface area contributed by atoms with Crippen LogP contribution in [0.25, 0.3) is 0 Å². The van der Waals surface area contributed by atoms with Gasteiger partial charge in [0.25, 0.3) is 0 Å². The van der Waals surface area contributed by atoms with E-state index in [4.69, 9.17) is 5.11 Å². The zero-order valence-electron chi connectivity index (χ0n) is 11.0. The molecule has 0 aliphatic heterocycles. The van der Waals surface area contributed by atoms with Gasteiger partial charge >= 0.3 is 0 Å². The van der Waals surface area contributed by atoms with Gasteiger partial charge < -0.3 is 10.4 Å². The molecule has 0 amide bonds. The highest BCUT2D eigenvalue weighted by Gasteiger charge is 2.25. The number of hydrogen-bond donors (Lipinski definition) is 2. The summed E-state index contributed by atoms with van der Waals surface area (Å²) in [6.45, 7) is 5.99. The summed E-state index contributed by atoms with van der Waals surface area (Å²) in [6.07, 6.45) is 8.92. The molecule has 1 saturated carbocycles. The van der Waals surface area contributed by atoms with Crippen LogP contribution >= 0.6 is 0 Å². The first-order chi connectivity index (χ1) is 7.81. The molecule has 2 heteroatoms. The van der Waals surface area contributed by atoms with Gasteiger partial charge in [-0.2, -0.15) is 0 Å². The molecule has 16 heavy (non-hydrogen) atoms.